The van der Waals surface area contributed by atoms with Crippen LogP contribution in [0.4, 0.5) is 0 Å². The minimum atomic E-state index is -3.55. The van der Waals surface area contributed by atoms with Crippen LogP contribution in [0.2, 0.25) is 5.02 Å². The minimum Gasteiger partial charge on any atom is -0.350 e. The second-order valence-electron chi connectivity index (χ2n) is 9.16. The van der Waals surface area contributed by atoms with Gasteiger partial charge in [-0.25, -0.2) is 18.1 Å². The largest absolute Gasteiger partial charge is 0.350 e. The topological polar surface area (TPSA) is 119 Å². The Morgan fingerprint density at radius 3 is 2.55 bits per heavy atom. The van der Waals surface area contributed by atoms with E-state index in [9.17, 15) is 18.0 Å². The van der Waals surface area contributed by atoms with Gasteiger partial charge in [0.2, 0.25) is 10.0 Å². The lowest BCUT2D eigenvalue weighted by atomic mass is 10.2. The van der Waals surface area contributed by atoms with E-state index in [1.807, 2.05) is 12.1 Å². The van der Waals surface area contributed by atoms with E-state index in [0.29, 0.717) is 47.8 Å². The predicted molar refractivity (Wildman–Crippen MR) is 144 cm³/mol. The monoisotopic (exact) mass is 554 g/mol. The Hall–Kier alpha value is -3.54. The van der Waals surface area contributed by atoms with Gasteiger partial charge in [0.15, 0.2) is 5.65 Å². The molecule has 12 heteroatoms. The average molecular weight is 555 g/mol. The third-order valence-corrected chi connectivity index (χ3v) is 8.69. The van der Waals surface area contributed by atoms with Gasteiger partial charge in [0.25, 0.3) is 11.5 Å². The van der Waals surface area contributed by atoms with E-state index in [1.165, 1.54) is 45.7 Å². The predicted octanol–water partition coefficient (Wildman–Crippen LogP) is 2.90. The van der Waals surface area contributed by atoms with Gasteiger partial charge in [-0.2, -0.15) is 9.40 Å². The SMILES string of the molecule is O=C(NCCn1ncc2c(=O)n(Cc3cccc(Cl)c3)cnc21)c1ccc(S(=O)(=O)N2CCCCC2)cc1. The van der Waals surface area contributed by atoms with E-state index in [-0.39, 0.29) is 22.9 Å². The fourth-order valence-corrected chi connectivity index (χ4v) is 6.25. The molecule has 0 saturated carbocycles. The summed E-state index contributed by atoms with van der Waals surface area (Å²) in [4.78, 5) is 30.1. The number of nitrogens with one attached hydrogen (secondary N) is 1. The highest BCUT2D eigenvalue weighted by atomic mass is 35.5. The van der Waals surface area contributed by atoms with Gasteiger partial charge < -0.3 is 5.32 Å². The molecule has 0 aliphatic carbocycles. The first-order valence-electron chi connectivity index (χ1n) is 12.4. The van der Waals surface area contributed by atoms with Crippen molar-refractivity contribution >= 4 is 38.6 Å². The molecule has 1 fully saturated rings. The molecule has 1 aliphatic heterocycles. The van der Waals surface area contributed by atoms with Crippen molar-refractivity contribution in [3.05, 3.63) is 87.6 Å². The highest BCUT2D eigenvalue weighted by Crippen LogP contribution is 2.21. The van der Waals surface area contributed by atoms with E-state index in [2.05, 4.69) is 15.4 Å². The number of hydrogen-bond acceptors (Lipinski definition) is 6. The third-order valence-electron chi connectivity index (χ3n) is 6.54. The summed E-state index contributed by atoms with van der Waals surface area (Å²) < 4.78 is 30.2. The molecule has 1 N–H and O–H groups in total. The van der Waals surface area contributed by atoms with Crippen LogP contribution in [0.3, 0.4) is 0 Å². The van der Waals surface area contributed by atoms with Crippen molar-refractivity contribution in [2.45, 2.75) is 37.2 Å². The maximum atomic E-state index is 12.9. The molecular weight excluding hydrogens is 528 g/mol. The van der Waals surface area contributed by atoms with Gasteiger partial charge in [-0.1, -0.05) is 30.2 Å². The molecule has 38 heavy (non-hydrogen) atoms. The zero-order valence-electron chi connectivity index (χ0n) is 20.6. The molecule has 3 heterocycles. The van der Waals surface area contributed by atoms with Crippen LogP contribution in [0.1, 0.15) is 35.2 Å². The van der Waals surface area contributed by atoms with Crippen LogP contribution in [0, 0.1) is 0 Å². The zero-order valence-corrected chi connectivity index (χ0v) is 22.2. The highest BCUT2D eigenvalue weighted by molar-refractivity contribution is 7.89. The number of piperidine rings is 1. The average Bonchev–Trinajstić information content (AvgIpc) is 3.34. The molecule has 0 radical (unpaired) electrons. The van der Waals surface area contributed by atoms with E-state index in [0.717, 1.165) is 24.8 Å². The summed E-state index contributed by atoms with van der Waals surface area (Å²) in [5.41, 5.74) is 1.45. The first-order chi connectivity index (χ1) is 18.3. The number of aromatic nitrogens is 4. The number of benzene rings is 2. The van der Waals surface area contributed by atoms with Gasteiger partial charge in [-0.15, -0.1) is 0 Å². The second-order valence-corrected chi connectivity index (χ2v) is 11.5. The van der Waals surface area contributed by atoms with Crippen LogP contribution in [-0.4, -0.2) is 57.6 Å². The minimum absolute atomic E-state index is 0.186. The summed E-state index contributed by atoms with van der Waals surface area (Å²) in [5, 5.41) is 8.05. The Bertz CT molecular complexity index is 1630. The molecule has 5 rings (SSSR count). The van der Waals surface area contributed by atoms with Crippen LogP contribution < -0.4 is 10.9 Å². The summed E-state index contributed by atoms with van der Waals surface area (Å²) in [6.45, 7) is 1.94. The van der Waals surface area contributed by atoms with Crippen LogP contribution in [0.15, 0.2) is 70.7 Å². The van der Waals surface area contributed by atoms with Crippen LogP contribution in [-0.2, 0) is 23.1 Å². The highest BCUT2D eigenvalue weighted by Gasteiger charge is 2.26. The third kappa shape index (κ3) is 5.50. The van der Waals surface area contributed by atoms with Gasteiger partial charge in [0.05, 0.1) is 24.2 Å². The summed E-state index contributed by atoms with van der Waals surface area (Å²) in [6.07, 6.45) is 5.71. The molecule has 198 valence electrons. The Labute approximate surface area is 224 Å². The standard InChI is InChI=1S/C26H27ClN6O4S/c27-21-6-4-5-19(15-21)17-31-18-29-24-23(26(31)35)16-30-33(24)14-11-28-25(34)20-7-9-22(10-8-20)38(36,37)32-12-2-1-3-13-32/h4-10,15-16,18H,1-3,11-14,17H2,(H,28,34). The molecule has 0 bridgehead atoms. The Morgan fingerprint density at radius 1 is 1.05 bits per heavy atom. The molecule has 0 atom stereocenters. The molecule has 1 aliphatic rings. The number of carbonyl (C=O) groups is 1. The van der Waals surface area contributed by atoms with Gasteiger partial charge >= 0.3 is 0 Å². The number of fused-ring (bicyclic) bond motifs is 1. The number of carbonyl (C=O) groups excluding carboxylic acids is 1. The van der Waals surface area contributed by atoms with Crippen molar-refractivity contribution in [3.8, 4) is 0 Å². The lowest BCUT2D eigenvalue weighted by Crippen LogP contribution is -2.35. The van der Waals surface area contributed by atoms with E-state index >= 15 is 0 Å². The van der Waals surface area contributed by atoms with Crippen LogP contribution in [0.5, 0.6) is 0 Å². The maximum Gasteiger partial charge on any atom is 0.264 e. The smallest absolute Gasteiger partial charge is 0.264 e. The molecule has 2 aromatic carbocycles. The summed E-state index contributed by atoms with van der Waals surface area (Å²) in [6, 6.07) is 13.2. The number of sulfonamides is 1. The lowest BCUT2D eigenvalue weighted by molar-refractivity contribution is 0.0952. The van der Waals surface area contributed by atoms with E-state index < -0.39 is 10.0 Å². The molecule has 2 aromatic heterocycles. The van der Waals surface area contributed by atoms with Crippen molar-refractivity contribution in [2.24, 2.45) is 0 Å². The van der Waals surface area contributed by atoms with Gasteiger partial charge in [-0.3, -0.25) is 14.2 Å². The first kappa shape index (κ1) is 26.1. The second kappa shape index (κ2) is 11.1. The molecule has 10 nitrogen and oxygen atoms in total. The zero-order chi connectivity index (χ0) is 26.7. The number of halogens is 1. The quantitative estimate of drug-likeness (QED) is 0.358. The summed E-state index contributed by atoms with van der Waals surface area (Å²) >= 11 is 6.04. The molecule has 1 saturated heterocycles. The fourth-order valence-electron chi connectivity index (χ4n) is 4.52. The molecule has 0 spiro atoms. The first-order valence-corrected chi connectivity index (χ1v) is 14.2. The van der Waals surface area contributed by atoms with Gasteiger partial charge in [-0.05, 0) is 54.8 Å². The normalized spacial score (nSPS) is 14.6. The molecule has 4 aromatic rings. The van der Waals surface area contributed by atoms with Crippen molar-refractivity contribution in [1.82, 2.24) is 29.0 Å². The van der Waals surface area contributed by atoms with Gasteiger partial charge in [0.1, 0.15) is 11.7 Å². The van der Waals surface area contributed by atoms with Crippen molar-refractivity contribution in [3.63, 3.8) is 0 Å². The molecule has 1 amide bonds. The number of hydrogen-bond donors (Lipinski definition) is 1. The molecular formula is C26H27ClN6O4S. The Morgan fingerprint density at radius 2 is 1.82 bits per heavy atom. The number of rotatable bonds is 8. The summed E-state index contributed by atoms with van der Waals surface area (Å²) in [5.74, 6) is -0.333. The maximum absolute atomic E-state index is 12.9. The molecule has 0 unspecified atom stereocenters. The van der Waals surface area contributed by atoms with Crippen molar-refractivity contribution in [1.29, 1.82) is 0 Å². The number of amides is 1. The number of nitrogens with zero attached hydrogens (tertiary/aromatic N) is 5. The fraction of sp³-hybridized carbons (Fsp3) is 0.308. The lowest BCUT2D eigenvalue weighted by Gasteiger charge is -2.25. The Kier molecular flexibility index (Phi) is 7.59. The van der Waals surface area contributed by atoms with Gasteiger partial charge in [0, 0.05) is 30.2 Å². The van der Waals surface area contributed by atoms with Crippen LogP contribution >= 0.6 is 11.6 Å². The van der Waals surface area contributed by atoms with Crippen molar-refractivity contribution in [2.75, 3.05) is 19.6 Å². The van der Waals surface area contributed by atoms with E-state index in [4.69, 9.17) is 11.6 Å². The summed E-state index contributed by atoms with van der Waals surface area (Å²) in [7, 11) is -3.55. The van der Waals surface area contributed by atoms with Crippen molar-refractivity contribution < 1.29 is 13.2 Å². The van der Waals surface area contributed by atoms with Crippen LogP contribution in [0.25, 0.3) is 11.0 Å². The Balaban J connectivity index is 1.21. The van der Waals surface area contributed by atoms with E-state index in [1.54, 1.807) is 16.8 Å².